The van der Waals surface area contributed by atoms with Crippen LogP contribution in [-0.2, 0) is 11.4 Å². The van der Waals surface area contributed by atoms with Crippen LogP contribution in [0.2, 0.25) is 0 Å². The Labute approximate surface area is 195 Å². The van der Waals surface area contributed by atoms with Crippen molar-refractivity contribution < 1.29 is 23.5 Å². The zero-order valence-corrected chi connectivity index (χ0v) is 18.8. The van der Waals surface area contributed by atoms with Gasteiger partial charge in [-0.3, -0.25) is 14.5 Å². The Balaban J connectivity index is 1.32. The maximum Gasteiger partial charge on any atom is 0.293 e. The van der Waals surface area contributed by atoms with E-state index in [9.17, 15) is 14.0 Å². The molecule has 0 unspecified atom stereocenters. The van der Waals surface area contributed by atoms with E-state index in [0.29, 0.717) is 23.0 Å². The molecular formula is C26H22FNO4S. The molecular weight excluding hydrogens is 441 g/mol. The quantitative estimate of drug-likeness (QED) is 0.394. The third kappa shape index (κ3) is 6.02. The summed E-state index contributed by atoms with van der Waals surface area (Å²) in [6.45, 7) is 2.71. The Morgan fingerprint density at radius 2 is 1.70 bits per heavy atom. The molecule has 2 amide bonds. The van der Waals surface area contributed by atoms with Gasteiger partial charge in [0.2, 0.25) is 0 Å². The molecule has 0 aromatic heterocycles. The average molecular weight is 464 g/mol. The van der Waals surface area contributed by atoms with Gasteiger partial charge in [-0.2, -0.15) is 0 Å². The van der Waals surface area contributed by atoms with Crippen LogP contribution in [0.25, 0.3) is 6.08 Å². The van der Waals surface area contributed by atoms with Crippen molar-refractivity contribution in [2.75, 3.05) is 13.2 Å². The zero-order valence-electron chi connectivity index (χ0n) is 18.0. The number of imide groups is 1. The maximum atomic E-state index is 13.0. The van der Waals surface area contributed by atoms with Gasteiger partial charge in [-0.15, -0.1) is 0 Å². The average Bonchev–Trinajstić information content (AvgIpc) is 3.07. The predicted octanol–water partition coefficient (Wildman–Crippen LogP) is 5.83. The van der Waals surface area contributed by atoms with Crippen LogP contribution in [-0.4, -0.2) is 29.2 Å². The molecule has 1 heterocycles. The van der Waals surface area contributed by atoms with Crippen LogP contribution in [0.15, 0.2) is 77.7 Å². The lowest BCUT2D eigenvalue weighted by molar-refractivity contribution is -0.123. The van der Waals surface area contributed by atoms with E-state index in [1.807, 2.05) is 43.3 Å². The molecule has 1 fully saturated rings. The van der Waals surface area contributed by atoms with Gasteiger partial charge in [-0.05, 0) is 77.9 Å². The van der Waals surface area contributed by atoms with Gasteiger partial charge in [0, 0.05) is 0 Å². The number of hydrogen-bond acceptors (Lipinski definition) is 5. The molecule has 3 aromatic rings. The third-order valence-electron chi connectivity index (χ3n) is 4.94. The van der Waals surface area contributed by atoms with Crippen LogP contribution >= 0.6 is 11.8 Å². The molecule has 7 heteroatoms. The molecule has 0 radical (unpaired) electrons. The second-order valence-corrected chi connectivity index (χ2v) is 8.48. The summed E-state index contributed by atoms with van der Waals surface area (Å²) in [6.07, 6.45) is 1.69. The van der Waals surface area contributed by atoms with E-state index in [0.717, 1.165) is 28.5 Å². The lowest BCUT2D eigenvalue weighted by Gasteiger charge is -2.13. The van der Waals surface area contributed by atoms with Crippen LogP contribution in [0.1, 0.15) is 16.7 Å². The minimum Gasteiger partial charge on any atom is -0.492 e. The van der Waals surface area contributed by atoms with E-state index in [1.54, 1.807) is 30.3 Å². The van der Waals surface area contributed by atoms with E-state index < -0.39 is 0 Å². The van der Waals surface area contributed by atoms with Gasteiger partial charge in [-0.1, -0.05) is 36.4 Å². The molecule has 0 aliphatic carbocycles. The third-order valence-corrected chi connectivity index (χ3v) is 5.85. The highest BCUT2D eigenvalue weighted by Crippen LogP contribution is 2.32. The highest BCUT2D eigenvalue weighted by atomic mass is 32.2. The summed E-state index contributed by atoms with van der Waals surface area (Å²) in [5, 5.41) is -0.307. The van der Waals surface area contributed by atoms with E-state index in [1.165, 1.54) is 17.0 Å². The summed E-state index contributed by atoms with van der Waals surface area (Å²) in [4.78, 5) is 26.6. The lowest BCUT2D eigenvalue weighted by Crippen LogP contribution is -2.32. The fourth-order valence-corrected chi connectivity index (χ4v) is 4.08. The summed E-state index contributed by atoms with van der Waals surface area (Å²) in [6, 6.07) is 20.9. The molecule has 4 rings (SSSR count). The number of thioether (sulfide) groups is 1. The van der Waals surface area contributed by atoms with E-state index in [-0.39, 0.29) is 30.1 Å². The molecule has 168 valence electrons. The molecule has 0 N–H and O–H groups in total. The first-order chi connectivity index (χ1) is 16.0. The van der Waals surface area contributed by atoms with Crippen molar-refractivity contribution in [3.8, 4) is 11.5 Å². The molecule has 5 nitrogen and oxygen atoms in total. The smallest absolute Gasteiger partial charge is 0.293 e. The summed E-state index contributed by atoms with van der Waals surface area (Å²) in [5.41, 5.74) is 2.72. The van der Waals surface area contributed by atoms with Gasteiger partial charge in [0.15, 0.2) is 0 Å². The molecule has 0 spiro atoms. The molecule has 33 heavy (non-hydrogen) atoms. The van der Waals surface area contributed by atoms with E-state index in [2.05, 4.69) is 0 Å². The number of carbonyl (C=O) groups excluding carboxylic acids is 2. The molecule has 0 bridgehead atoms. The van der Waals surface area contributed by atoms with Crippen molar-refractivity contribution >= 4 is 29.0 Å². The highest BCUT2D eigenvalue weighted by Gasteiger charge is 2.34. The van der Waals surface area contributed by atoms with Gasteiger partial charge < -0.3 is 9.47 Å². The SMILES string of the molecule is Cc1cccc(OCCN2C(=O)S/C(=C\c3ccc(OCc4ccc(F)cc4)cc3)C2=O)c1. The van der Waals surface area contributed by atoms with Gasteiger partial charge in [0.25, 0.3) is 11.1 Å². The Morgan fingerprint density at radius 1 is 0.939 bits per heavy atom. The van der Waals surface area contributed by atoms with Crippen LogP contribution in [0.3, 0.4) is 0 Å². The van der Waals surface area contributed by atoms with Crippen molar-refractivity contribution in [3.05, 3.63) is 100 Å². The zero-order chi connectivity index (χ0) is 23.2. The fraction of sp³-hybridized carbons (Fsp3) is 0.154. The first-order valence-electron chi connectivity index (χ1n) is 10.4. The van der Waals surface area contributed by atoms with Crippen molar-refractivity contribution in [1.82, 2.24) is 4.90 Å². The first-order valence-corrected chi connectivity index (χ1v) is 11.2. The number of halogens is 1. The second kappa shape index (κ2) is 10.4. The molecule has 1 saturated heterocycles. The summed E-state index contributed by atoms with van der Waals surface area (Å²) >= 11 is 0.919. The van der Waals surface area contributed by atoms with Crippen molar-refractivity contribution in [3.63, 3.8) is 0 Å². The number of hydrogen-bond donors (Lipinski definition) is 0. The lowest BCUT2D eigenvalue weighted by atomic mass is 10.2. The molecule has 0 atom stereocenters. The van der Waals surface area contributed by atoms with Crippen LogP contribution < -0.4 is 9.47 Å². The number of benzene rings is 3. The number of aryl methyl sites for hydroxylation is 1. The molecule has 1 aliphatic rings. The van der Waals surface area contributed by atoms with Crippen LogP contribution in [0.4, 0.5) is 9.18 Å². The van der Waals surface area contributed by atoms with Gasteiger partial charge in [0.05, 0.1) is 11.4 Å². The topological polar surface area (TPSA) is 55.8 Å². The fourth-order valence-electron chi connectivity index (χ4n) is 3.21. The summed E-state index contributed by atoms with van der Waals surface area (Å²) < 4.78 is 24.4. The Bertz CT molecular complexity index is 1180. The number of carbonyl (C=O) groups is 2. The van der Waals surface area contributed by atoms with Crippen molar-refractivity contribution in [2.24, 2.45) is 0 Å². The van der Waals surface area contributed by atoms with Crippen molar-refractivity contribution in [2.45, 2.75) is 13.5 Å². The Morgan fingerprint density at radius 3 is 2.42 bits per heavy atom. The minimum atomic E-state index is -0.325. The van der Waals surface area contributed by atoms with Crippen LogP contribution in [0.5, 0.6) is 11.5 Å². The van der Waals surface area contributed by atoms with E-state index >= 15 is 0 Å². The standard InChI is InChI=1S/C26H22FNO4S/c1-18-3-2-4-23(15-18)31-14-13-28-25(29)24(33-26(28)30)16-19-7-11-22(12-8-19)32-17-20-5-9-21(27)10-6-20/h2-12,15-16H,13-14,17H2,1H3/b24-16-. The monoisotopic (exact) mass is 463 g/mol. The van der Waals surface area contributed by atoms with Crippen LogP contribution in [0, 0.1) is 12.7 Å². The minimum absolute atomic E-state index is 0.187. The summed E-state index contributed by atoms with van der Waals surface area (Å²) in [7, 11) is 0. The largest absolute Gasteiger partial charge is 0.492 e. The van der Waals surface area contributed by atoms with E-state index in [4.69, 9.17) is 9.47 Å². The summed E-state index contributed by atoms with van der Waals surface area (Å²) in [5.74, 6) is 0.748. The Hall–Kier alpha value is -3.58. The van der Waals surface area contributed by atoms with Gasteiger partial charge in [-0.25, -0.2) is 4.39 Å². The van der Waals surface area contributed by atoms with Gasteiger partial charge in [0.1, 0.15) is 30.5 Å². The van der Waals surface area contributed by atoms with Crippen molar-refractivity contribution in [1.29, 1.82) is 0 Å². The number of rotatable bonds is 8. The first kappa shape index (κ1) is 22.6. The number of ether oxygens (including phenoxy) is 2. The highest BCUT2D eigenvalue weighted by molar-refractivity contribution is 8.18. The number of nitrogens with zero attached hydrogens (tertiary/aromatic N) is 1. The molecule has 0 saturated carbocycles. The predicted molar refractivity (Wildman–Crippen MR) is 127 cm³/mol. The Kier molecular flexibility index (Phi) is 7.10. The second-order valence-electron chi connectivity index (χ2n) is 7.48. The molecule has 3 aromatic carbocycles. The van der Waals surface area contributed by atoms with Gasteiger partial charge >= 0.3 is 0 Å². The number of amides is 2. The maximum absolute atomic E-state index is 13.0. The molecule has 1 aliphatic heterocycles. The normalized spacial score (nSPS) is 14.7.